The Bertz CT molecular complexity index is 1280. The van der Waals surface area contributed by atoms with Gasteiger partial charge in [0.05, 0.1) is 18.5 Å². The molecular weight excluding hydrogens is 403 g/mol. The number of aryl methyl sites for hydroxylation is 2. The molecule has 0 radical (unpaired) electrons. The molecule has 0 fully saturated rings. The number of ketones is 1. The normalized spacial score (nSPS) is 13.3. The highest BCUT2D eigenvalue weighted by Crippen LogP contribution is 2.40. The van der Waals surface area contributed by atoms with E-state index in [4.69, 9.17) is 4.74 Å². The Morgan fingerprint density at radius 1 is 1.03 bits per heavy atom. The van der Waals surface area contributed by atoms with Crippen LogP contribution < -0.4 is 4.74 Å². The molecular formula is C27H27FN2O2. The van der Waals surface area contributed by atoms with Crippen molar-refractivity contribution >= 4 is 11.4 Å². The molecule has 0 unspecified atom stereocenters. The summed E-state index contributed by atoms with van der Waals surface area (Å²) in [6.07, 6.45) is 6.41. The summed E-state index contributed by atoms with van der Waals surface area (Å²) in [6.45, 7) is 2.93. The largest absolute Gasteiger partial charge is 0.497 e. The number of ether oxygens (including phenoxy) is 1. The summed E-state index contributed by atoms with van der Waals surface area (Å²) in [6, 6.07) is 14.6. The van der Waals surface area contributed by atoms with E-state index < -0.39 is 0 Å². The maximum absolute atomic E-state index is 13.7. The van der Waals surface area contributed by atoms with Crippen LogP contribution >= 0.6 is 0 Å². The third-order valence-electron chi connectivity index (χ3n) is 6.39. The average molecular weight is 431 g/mol. The molecule has 0 saturated heterocycles. The summed E-state index contributed by atoms with van der Waals surface area (Å²) in [4.78, 5) is 13.4. The maximum atomic E-state index is 13.7. The van der Waals surface area contributed by atoms with Crippen LogP contribution in [-0.4, -0.2) is 21.9 Å². The molecule has 0 bridgehead atoms. The van der Waals surface area contributed by atoms with Crippen molar-refractivity contribution in [2.45, 2.75) is 45.6 Å². The summed E-state index contributed by atoms with van der Waals surface area (Å²) < 4.78 is 23.4. The maximum Gasteiger partial charge on any atom is 0.180 e. The Labute approximate surface area is 187 Å². The van der Waals surface area contributed by atoms with Crippen LogP contribution in [0, 0.1) is 5.82 Å². The van der Waals surface area contributed by atoms with Gasteiger partial charge >= 0.3 is 0 Å². The van der Waals surface area contributed by atoms with Gasteiger partial charge in [0.25, 0.3) is 0 Å². The van der Waals surface area contributed by atoms with Crippen molar-refractivity contribution in [1.29, 1.82) is 0 Å². The van der Waals surface area contributed by atoms with Crippen molar-refractivity contribution in [2.24, 2.45) is 0 Å². The number of nitrogens with zero attached hydrogens (tertiary/aromatic N) is 2. The lowest BCUT2D eigenvalue weighted by Crippen LogP contribution is -2.04. The van der Waals surface area contributed by atoms with Gasteiger partial charge in [-0.2, -0.15) is 0 Å². The number of imidazole rings is 1. The molecule has 2 aromatic heterocycles. The first-order valence-corrected chi connectivity index (χ1v) is 11.3. The van der Waals surface area contributed by atoms with Crippen LogP contribution in [0.3, 0.4) is 0 Å². The van der Waals surface area contributed by atoms with Gasteiger partial charge in [-0.05, 0) is 73.2 Å². The standard InChI is InChI=1S/C27H27FN2O2/c1-3-6-24(31)26-25(19-8-12-20(28)13-9-19)22-7-4-5-16-29-23(17-30(26)27(22)29)18-10-14-21(32-2)15-11-18/h8-15,17H,3-7,16H2,1-2H3. The first-order chi connectivity index (χ1) is 15.6. The SMILES string of the molecule is CCCC(=O)c1c(-c2ccc(F)cc2)c2c3n(c(-c4ccc(OC)cc4)cn13)CCCC2. The Hall–Kier alpha value is -3.34. The fraction of sp³-hybridized carbons (Fsp3) is 0.296. The first kappa shape index (κ1) is 20.6. The number of halogens is 1. The molecule has 0 N–H and O–H groups in total. The number of benzene rings is 2. The van der Waals surface area contributed by atoms with Crippen LogP contribution in [0.4, 0.5) is 4.39 Å². The Kier molecular flexibility index (Phi) is 5.33. The minimum absolute atomic E-state index is 0.132. The molecule has 4 nitrogen and oxygen atoms in total. The molecule has 5 heteroatoms. The fourth-order valence-electron chi connectivity index (χ4n) is 4.92. The average Bonchev–Trinajstić information content (AvgIpc) is 3.22. The highest BCUT2D eigenvalue weighted by molar-refractivity contribution is 6.04. The molecule has 2 aromatic carbocycles. The molecule has 164 valence electrons. The van der Waals surface area contributed by atoms with Crippen molar-refractivity contribution in [3.05, 3.63) is 71.8 Å². The minimum atomic E-state index is -0.267. The second-order valence-corrected chi connectivity index (χ2v) is 8.43. The van der Waals surface area contributed by atoms with Crippen LogP contribution in [0.5, 0.6) is 5.75 Å². The quantitative estimate of drug-likeness (QED) is 0.326. The zero-order chi connectivity index (χ0) is 22.2. The smallest absolute Gasteiger partial charge is 0.180 e. The summed E-state index contributed by atoms with van der Waals surface area (Å²) in [5, 5.41) is 0. The van der Waals surface area contributed by atoms with E-state index in [9.17, 15) is 9.18 Å². The van der Waals surface area contributed by atoms with E-state index in [0.29, 0.717) is 6.42 Å². The van der Waals surface area contributed by atoms with Gasteiger partial charge in [0.1, 0.15) is 17.2 Å². The first-order valence-electron chi connectivity index (χ1n) is 11.3. The van der Waals surface area contributed by atoms with Crippen LogP contribution in [-0.2, 0) is 13.0 Å². The highest BCUT2D eigenvalue weighted by atomic mass is 19.1. The Morgan fingerprint density at radius 3 is 2.44 bits per heavy atom. The zero-order valence-corrected chi connectivity index (χ0v) is 18.5. The van der Waals surface area contributed by atoms with E-state index in [1.54, 1.807) is 19.2 Å². The topological polar surface area (TPSA) is 35.6 Å². The molecule has 0 aliphatic carbocycles. The zero-order valence-electron chi connectivity index (χ0n) is 18.5. The molecule has 4 aromatic rings. The number of hydrogen-bond acceptors (Lipinski definition) is 2. The highest BCUT2D eigenvalue weighted by Gasteiger charge is 2.29. The Balaban J connectivity index is 1.80. The number of aromatic nitrogens is 2. The summed E-state index contributed by atoms with van der Waals surface area (Å²) >= 11 is 0. The monoisotopic (exact) mass is 430 g/mol. The lowest BCUT2D eigenvalue weighted by Gasteiger charge is -2.10. The van der Waals surface area contributed by atoms with Gasteiger partial charge in [0.2, 0.25) is 0 Å². The molecule has 1 aliphatic heterocycles. The molecule has 0 atom stereocenters. The van der Waals surface area contributed by atoms with Gasteiger partial charge in [0.15, 0.2) is 5.78 Å². The molecule has 3 heterocycles. The molecule has 32 heavy (non-hydrogen) atoms. The summed E-state index contributed by atoms with van der Waals surface area (Å²) in [7, 11) is 1.67. The summed E-state index contributed by atoms with van der Waals surface area (Å²) in [5.74, 6) is 0.684. The molecule has 5 rings (SSSR count). The van der Waals surface area contributed by atoms with Crippen LogP contribution in [0.15, 0.2) is 54.7 Å². The van der Waals surface area contributed by atoms with Crippen molar-refractivity contribution in [3.8, 4) is 28.1 Å². The van der Waals surface area contributed by atoms with Gasteiger partial charge < -0.3 is 9.30 Å². The van der Waals surface area contributed by atoms with E-state index >= 15 is 0 Å². The van der Waals surface area contributed by atoms with E-state index in [1.165, 1.54) is 17.7 Å². The van der Waals surface area contributed by atoms with Crippen molar-refractivity contribution < 1.29 is 13.9 Å². The molecule has 0 amide bonds. The lowest BCUT2D eigenvalue weighted by molar-refractivity contribution is 0.0977. The van der Waals surface area contributed by atoms with Gasteiger partial charge in [-0.3, -0.25) is 9.20 Å². The Morgan fingerprint density at radius 2 is 1.75 bits per heavy atom. The predicted octanol–water partition coefficient (Wildman–Crippen LogP) is 6.54. The van der Waals surface area contributed by atoms with Gasteiger partial charge in [-0.1, -0.05) is 19.1 Å². The molecule has 0 spiro atoms. The van der Waals surface area contributed by atoms with Gasteiger partial charge in [-0.15, -0.1) is 0 Å². The van der Waals surface area contributed by atoms with Gasteiger partial charge in [0, 0.05) is 30.3 Å². The van der Waals surface area contributed by atoms with E-state index in [2.05, 4.69) is 27.3 Å². The van der Waals surface area contributed by atoms with Gasteiger partial charge in [-0.25, -0.2) is 4.39 Å². The second kappa shape index (κ2) is 8.30. The van der Waals surface area contributed by atoms with E-state index in [1.807, 2.05) is 19.1 Å². The number of Topliss-reactive ketones (excluding diaryl/α,β-unsaturated/α-hetero) is 1. The minimum Gasteiger partial charge on any atom is -0.497 e. The number of carbonyl (C=O) groups is 1. The predicted molar refractivity (Wildman–Crippen MR) is 125 cm³/mol. The third-order valence-corrected chi connectivity index (χ3v) is 6.39. The number of methoxy groups -OCH3 is 1. The fourth-order valence-corrected chi connectivity index (χ4v) is 4.92. The third kappa shape index (κ3) is 3.32. The van der Waals surface area contributed by atoms with Crippen LogP contribution in [0.2, 0.25) is 0 Å². The van der Waals surface area contributed by atoms with E-state index in [0.717, 1.165) is 71.7 Å². The number of rotatable bonds is 6. The number of carbonyl (C=O) groups excluding carboxylic acids is 1. The lowest BCUT2D eigenvalue weighted by atomic mass is 9.96. The van der Waals surface area contributed by atoms with Crippen molar-refractivity contribution in [3.63, 3.8) is 0 Å². The van der Waals surface area contributed by atoms with Crippen LogP contribution in [0.25, 0.3) is 28.0 Å². The van der Waals surface area contributed by atoms with Crippen molar-refractivity contribution in [1.82, 2.24) is 8.97 Å². The molecule has 1 aliphatic rings. The summed E-state index contributed by atoms with van der Waals surface area (Å²) in [5.41, 5.74) is 7.07. The van der Waals surface area contributed by atoms with Crippen molar-refractivity contribution in [2.75, 3.05) is 7.11 Å². The number of hydrogen-bond donors (Lipinski definition) is 0. The van der Waals surface area contributed by atoms with Crippen LogP contribution in [0.1, 0.15) is 48.7 Å². The second-order valence-electron chi connectivity index (χ2n) is 8.43. The van der Waals surface area contributed by atoms with E-state index in [-0.39, 0.29) is 11.6 Å². The molecule has 0 saturated carbocycles.